The SMILES string of the molecule is CC(c1ccccc1F)S(=O)(=O)Cc1nsc(N(C)C)n1. The first-order valence-electron chi connectivity index (χ1n) is 6.27. The summed E-state index contributed by atoms with van der Waals surface area (Å²) in [5.74, 6) is -0.576. The largest absolute Gasteiger partial charge is 0.353 e. The number of benzene rings is 1. The summed E-state index contributed by atoms with van der Waals surface area (Å²) in [7, 11) is 0.0345. The van der Waals surface area contributed by atoms with Gasteiger partial charge in [-0.3, -0.25) is 0 Å². The van der Waals surface area contributed by atoms with Crippen molar-refractivity contribution < 1.29 is 12.8 Å². The number of hydrogen-bond donors (Lipinski definition) is 0. The third-order valence-corrected chi connectivity index (χ3v) is 5.97. The molecule has 0 aliphatic rings. The highest BCUT2D eigenvalue weighted by molar-refractivity contribution is 7.90. The maximum atomic E-state index is 13.7. The Morgan fingerprint density at radius 1 is 1.33 bits per heavy atom. The molecule has 2 aromatic rings. The zero-order valence-corrected chi connectivity index (χ0v) is 13.6. The van der Waals surface area contributed by atoms with Gasteiger partial charge in [0.15, 0.2) is 15.7 Å². The van der Waals surface area contributed by atoms with Crippen LogP contribution in [0.3, 0.4) is 0 Å². The molecule has 1 aromatic heterocycles. The van der Waals surface area contributed by atoms with Crippen LogP contribution in [0.15, 0.2) is 24.3 Å². The van der Waals surface area contributed by atoms with Crippen molar-refractivity contribution in [3.05, 3.63) is 41.5 Å². The zero-order chi connectivity index (χ0) is 15.6. The Kier molecular flexibility index (Phi) is 4.58. The van der Waals surface area contributed by atoms with Crippen molar-refractivity contribution in [1.82, 2.24) is 9.36 Å². The molecule has 5 nitrogen and oxygen atoms in total. The van der Waals surface area contributed by atoms with E-state index < -0.39 is 20.9 Å². The van der Waals surface area contributed by atoms with Gasteiger partial charge in [0.05, 0.1) is 5.25 Å². The van der Waals surface area contributed by atoms with Gasteiger partial charge in [0, 0.05) is 31.2 Å². The smallest absolute Gasteiger partial charge is 0.204 e. The van der Waals surface area contributed by atoms with E-state index in [0.29, 0.717) is 5.13 Å². The highest BCUT2D eigenvalue weighted by Crippen LogP contribution is 2.27. The number of aromatic nitrogens is 2. The third kappa shape index (κ3) is 3.56. The minimum Gasteiger partial charge on any atom is -0.353 e. The fourth-order valence-electron chi connectivity index (χ4n) is 1.79. The molecule has 0 aliphatic heterocycles. The maximum Gasteiger partial charge on any atom is 0.204 e. The van der Waals surface area contributed by atoms with Crippen LogP contribution < -0.4 is 4.90 Å². The van der Waals surface area contributed by atoms with Gasteiger partial charge < -0.3 is 4.90 Å². The summed E-state index contributed by atoms with van der Waals surface area (Å²) in [5.41, 5.74) is 0.167. The summed E-state index contributed by atoms with van der Waals surface area (Å²) in [6.45, 7) is 1.48. The summed E-state index contributed by atoms with van der Waals surface area (Å²) >= 11 is 1.14. The van der Waals surface area contributed by atoms with Crippen molar-refractivity contribution in [2.45, 2.75) is 17.9 Å². The molecule has 21 heavy (non-hydrogen) atoms. The lowest BCUT2D eigenvalue weighted by molar-refractivity contribution is 0.572. The van der Waals surface area contributed by atoms with Gasteiger partial charge in [-0.15, -0.1) is 0 Å². The van der Waals surface area contributed by atoms with Crippen molar-refractivity contribution in [2.75, 3.05) is 19.0 Å². The number of nitrogens with zero attached hydrogens (tertiary/aromatic N) is 3. The molecular formula is C13H16FN3O2S2. The van der Waals surface area contributed by atoms with E-state index in [1.807, 2.05) is 0 Å². The highest BCUT2D eigenvalue weighted by Gasteiger charge is 2.27. The lowest BCUT2D eigenvalue weighted by atomic mass is 10.1. The van der Waals surface area contributed by atoms with E-state index in [-0.39, 0.29) is 17.1 Å². The zero-order valence-electron chi connectivity index (χ0n) is 11.9. The minimum atomic E-state index is -3.58. The monoisotopic (exact) mass is 329 g/mol. The van der Waals surface area contributed by atoms with Crippen molar-refractivity contribution in [3.8, 4) is 0 Å². The number of hydrogen-bond acceptors (Lipinski definition) is 6. The number of rotatable bonds is 5. The van der Waals surface area contributed by atoms with E-state index in [1.165, 1.54) is 25.1 Å². The molecule has 0 spiro atoms. The summed E-state index contributed by atoms with van der Waals surface area (Å²) < 4.78 is 42.5. The molecule has 1 heterocycles. The minimum absolute atomic E-state index is 0.167. The van der Waals surface area contributed by atoms with Gasteiger partial charge in [-0.25, -0.2) is 17.8 Å². The fourth-order valence-corrected chi connectivity index (χ4v) is 3.79. The standard InChI is InChI=1S/C13H16FN3O2S2/c1-9(10-6-4-5-7-11(10)14)21(18,19)8-12-15-13(17(2)3)20-16-12/h4-7,9H,8H2,1-3H3. The van der Waals surface area contributed by atoms with Crippen molar-refractivity contribution >= 4 is 26.5 Å². The predicted octanol–water partition coefficient (Wildman–Crippen LogP) is 2.42. The number of halogens is 1. The average Bonchev–Trinajstić information content (AvgIpc) is 2.86. The first kappa shape index (κ1) is 15.8. The molecule has 1 unspecified atom stereocenters. The first-order chi connectivity index (χ1) is 9.81. The Hall–Kier alpha value is -1.54. The van der Waals surface area contributed by atoms with Crippen molar-refractivity contribution in [1.29, 1.82) is 0 Å². The predicted molar refractivity (Wildman–Crippen MR) is 81.7 cm³/mol. The maximum absolute atomic E-state index is 13.7. The lowest BCUT2D eigenvalue weighted by Crippen LogP contribution is -2.15. The van der Waals surface area contributed by atoms with Gasteiger partial charge in [-0.1, -0.05) is 18.2 Å². The molecule has 114 valence electrons. The summed E-state index contributed by atoms with van der Waals surface area (Å²) in [6, 6.07) is 5.89. The Morgan fingerprint density at radius 2 is 2.00 bits per heavy atom. The molecule has 0 bridgehead atoms. The van der Waals surface area contributed by atoms with E-state index in [2.05, 4.69) is 9.36 Å². The summed E-state index contributed by atoms with van der Waals surface area (Å²) in [5, 5.41) is -0.302. The topological polar surface area (TPSA) is 63.2 Å². The second-order valence-electron chi connectivity index (χ2n) is 4.86. The second-order valence-corrected chi connectivity index (χ2v) is 7.91. The molecule has 0 saturated heterocycles. The van der Waals surface area contributed by atoms with E-state index in [1.54, 1.807) is 25.1 Å². The normalized spacial score (nSPS) is 13.1. The van der Waals surface area contributed by atoms with Gasteiger partial charge in [-0.2, -0.15) is 4.37 Å². The summed E-state index contributed by atoms with van der Waals surface area (Å²) in [6.07, 6.45) is 0. The molecule has 0 aliphatic carbocycles. The molecule has 0 saturated carbocycles. The second kappa shape index (κ2) is 6.07. The fraction of sp³-hybridized carbons (Fsp3) is 0.385. The Balaban J connectivity index is 2.23. The van der Waals surface area contributed by atoms with Gasteiger partial charge in [0.2, 0.25) is 5.13 Å². The van der Waals surface area contributed by atoms with Crippen molar-refractivity contribution in [2.24, 2.45) is 0 Å². The summed E-state index contributed by atoms with van der Waals surface area (Å²) in [4.78, 5) is 5.91. The van der Waals surface area contributed by atoms with Crippen molar-refractivity contribution in [3.63, 3.8) is 0 Å². The molecule has 0 fully saturated rings. The van der Waals surface area contributed by atoms with Crippen LogP contribution in [0.25, 0.3) is 0 Å². The highest BCUT2D eigenvalue weighted by atomic mass is 32.2. The van der Waals surface area contributed by atoms with Crippen LogP contribution in [0.5, 0.6) is 0 Å². The Morgan fingerprint density at radius 3 is 2.57 bits per heavy atom. The molecule has 0 N–H and O–H groups in total. The third-order valence-electron chi connectivity index (χ3n) is 3.05. The van der Waals surface area contributed by atoms with E-state index >= 15 is 0 Å². The van der Waals surface area contributed by atoms with Crippen LogP contribution in [0.4, 0.5) is 9.52 Å². The van der Waals surface area contributed by atoms with Gasteiger partial charge >= 0.3 is 0 Å². The van der Waals surface area contributed by atoms with Crippen LogP contribution in [-0.2, 0) is 15.6 Å². The quantitative estimate of drug-likeness (QED) is 0.843. The molecule has 0 amide bonds. The van der Waals surface area contributed by atoms with Crippen LogP contribution in [0.2, 0.25) is 0 Å². The molecular weight excluding hydrogens is 313 g/mol. The van der Waals surface area contributed by atoms with Crippen LogP contribution >= 0.6 is 11.5 Å². The lowest BCUT2D eigenvalue weighted by Gasteiger charge is -2.13. The molecule has 2 rings (SSSR count). The van der Waals surface area contributed by atoms with E-state index in [4.69, 9.17) is 0 Å². The number of sulfone groups is 1. The van der Waals surface area contributed by atoms with Crippen LogP contribution in [0, 0.1) is 5.82 Å². The molecule has 8 heteroatoms. The molecule has 1 atom stereocenters. The van der Waals surface area contributed by atoms with Gasteiger partial charge in [0.1, 0.15) is 11.6 Å². The van der Waals surface area contributed by atoms with Crippen LogP contribution in [-0.4, -0.2) is 31.9 Å². The van der Waals surface area contributed by atoms with Gasteiger partial charge in [-0.05, 0) is 13.0 Å². The van der Waals surface area contributed by atoms with E-state index in [0.717, 1.165) is 11.5 Å². The first-order valence-corrected chi connectivity index (χ1v) is 8.76. The average molecular weight is 329 g/mol. The van der Waals surface area contributed by atoms with E-state index in [9.17, 15) is 12.8 Å². The van der Waals surface area contributed by atoms with Gasteiger partial charge in [0.25, 0.3) is 0 Å². The number of anilines is 1. The molecule has 0 radical (unpaired) electrons. The molecule has 1 aromatic carbocycles. The van der Waals surface area contributed by atoms with Crippen LogP contribution in [0.1, 0.15) is 23.6 Å². The Bertz CT molecular complexity index is 729. The Labute approximate surface area is 127 Å².